The standard InChI is InChI=1S/C21H19Cl2FN2O2/c1-2-26-13(8-9-27)11-16(14-4-3-5-17(23)19(14)24)21(26)15-7-6-12(22)10-18(15)25-20(21)28/h3-7,9-10,13,16H,2,8,11H2,1H3,(H,25,28)/t13-,16+,21+/m0/s1. The molecule has 146 valence electrons. The number of likely N-dealkylation sites (N-methyl/N-ethyl adjacent to an activating group) is 1. The summed E-state index contributed by atoms with van der Waals surface area (Å²) in [5.41, 5.74) is 0.641. The molecule has 2 aromatic carbocycles. The molecule has 4 rings (SSSR count). The van der Waals surface area contributed by atoms with Gasteiger partial charge in [0.05, 0.1) is 5.02 Å². The van der Waals surface area contributed by atoms with Crippen LogP contribution in [-0.2, 0) is 15.1 Å². The van der Waals surface area contributed by atoms with E-state index in [-0.39, 0.29) is 23.4 Å². The fourth-order valence-corrected chi connectivity index (χ4v) is 5.32. The lowest BCUT2D eigenvalue weighted by Crippen LogP contribution is -2.52. The third kappa shape index (κ3) is 2.60. The summed E-state index contributed by atoms with van der Waals surface area (Å²) < 4.78 is 15.0. The summed E-state index contributed by atoms with van der Waals surface area (Å²) in [6, 6.07) is 9.92. The van der Waals surface area contributed by atoms with Crippen LogP contribution in [0.5, 0.6) is 0 Å². The predicted octanol–water partition coefficient (Wildman–Crippen LogP) is 4.75. The zero-order valence-corrected chi connectivity index (χ0v) is 16.7. The maximum Gasteiger partial charge on any atom is 0.250 e. The summed E-state index contributed by atoms with van der Waals surface area (Å²) >= 11 is 12.2. The molecule has 0 unspecified atom stereocenters. The Bertz CT molecular complexity index is 967. The van der Waals surface area contributed by atoms with Gasteiger partial charge in [-0.25, -0.2) is 4.39 Å². The fraction of sp³-hybridized carbons (Fsp3) is 0.333. The van der Waals surface area contributed by atoms with E-state index in [1.54, 1.807) is 24.3 Å². The molecule has 0 saturated carbocycles. The van der Waals surface area contributed by atoms with E-state index in [1.165, 1.54) is 6.07 Å². The van der Waals surface area contributed by atoms with Gasteiger partial charge in [0.1, 0.15) is 17.6 Å². The van der Waals surface area contributed by atoms with Crippen LogP contribution in [0.25, 0.3) is 0 Å². The van der Waals surface area contributed by atoms with Gasteiger partial charge in [-0.05, 0) is 36.7 Å². The molecule has 3 atom stereocenters. The highest BCUT2D eigenvalue weighted by atomic mass is 35.5. The van der Waals surface area contributed by atoms with Crippen LogP contribution in [0.2, 0.25) is 10.0 Å². The minimum atomic E-state index is -1.12. The van der Waals surface area contributed by atoms with Crippen LogP contribution < -0.4 is 5.32 Å². The first-order valence-electron chi connectivity index (χ1n) is 9.20. The number of aldehydes is 1. The molecule has 0 bridgehead atoms. The van der Waals surface area contributed by atoms with E-state index in [0.717, 1.165) is 11.8 Å². The molecule has 2 heterocycles. The normalized spacial score (nSPS) is 26.5. The molecule has 1 amide bonds. The largest absolute Gasteiger partial charge is 0.324 e. The molecule has 7 heteroatoms. The maximum absolute atomic E-state index is 15.0. The molecule has 2 aromatic rings. The smallest absolute Gasteiger partial charge is 0.250 e. The topological polar surface area (TPSA) is 49.4 Å². The van der Waals surface area contributed by atoms with Gasteiger partial charge in [0.15, 0.2) is 0 Å². The average molecular weight is 421 g/mol. The van der Waals surface area contributed by atoms with Crippen LogP contribution in [0.15, 0.2) is 36.4 Å². The van der Waals surface area contributed by atoms with Crippen molar-refractivity contribution in [1.29, 1.82) is 0 Å². The number of carbonyl (C=O) groups is 2. The van der Waals surface area contributed by atoms with Gasteiger partial charge in [0.25, 0.3) is 0 Å². The molecule has 0 aliphatic carbocycles. The van der Waals surface area contributed by atoms with Crippen LogP contribution in [0, 0.1) is 5.82 Å². The van der Waals surface area contributed by atoms with E-state index in [2.05, 4.69) is 5.32 Å². The fourth-order valence-electron chi connectivity index (χ4n) is 4.97. The first-order chi connectivity index (χ1) is 13.4. The molecular formula is C21H19Cl2FN2O2. The summed E-state index contributed by atoms with van der Waals surface area (Å²) in [7, 11) is 0. The van der Waals surface area contributed by atoms with Crippen molar-refractivity contribution < 1.29 is 14.0 Å². The maximum atomic E-state index is 15.0. The van der Waals surface area contributed by atoms with E-state index in [1.807, 2.05) is 17.9 Å². The molecule has 1 N–H and O–H groups in total. The molecular weight excluding hydrogens is 402 g/mol. The lowest BCUT2D eigenvalue weighted by molar-refractivity contribution is -0.128. The predicted molar refractivity (Wildman–Crippen MR) is 107 cm³/mol. The van der Waals surface area contributed by atoms with Crippen molar-refractivity contribution in [2.75, 3.05) is 11.9 Å². The number of nitrogens with one attached hydrogen (secondary N) is 1. The number of halogens is 3. The third-order valence-corrected chi connectivity index (χ3v) is 6.49. The zero-order chi connectivity index (χ0) is 20.1. The monoisotopic (exact) mass is 420 g/mol. The number of carbonyl (C=O) groups excluding carboxylic acids is 2. The number of benzene rings is 2. The lowest BCUT2D eigenvalue weighted by atomic mass is 9.75. The third-order valence-electron chi connectivity index (χ3n) is 5.96. The number of fused-ring (bicyclic) bond motifs is 2. The van der Waals surface area contributed by atoms with Gasteiger partial charge < -0.3 is 10.1 Å². The number of rotatable bonds is 4. The summed E-state index contributed by atoms with van der Waals surface area (Å²) in [5, 5.41) is 3.45. The Kier molecular flexibility index (Phi) is 4.94. The van der Waals surface area contributed by atoms with Crippen LogP contribution in [0.4, 0.5) is 10.1 Å². The molecule has 1 saturated heterocycles. The van der Waals surface area contributed by atoms with Crippen molar-refractivity contribution in [3.8, 4) is 0 Å². The van der Waals surface area contributed by atoms with Crippen LogP contribution in [-0.4, -0.2) is 29.7 Å². The molecule has 4 nitrogen and oxygen atoms in total. The zero-order valence-electron chi connectivity index (χ0n) is 15.2. The highest BCUT2D eigenvalue weighted by Gasteiger charge is 2.62. The van der Waals surface area contributed by atoms with E-state index < -0.39 is 17.3 Å². The molecule has 0 aromatic heterocycles. The van der Waals surface area contributed by atoms with Gasteiger partial charge in [-0.2, -0.15) is 0 Å². The second-order valence-electron chi connectivity index (χ2n) is 7.18. The Morgan fingerprint density at radius 3 is 2.82 bits per heavy atom. The number of nitrogens with zero attached hydrogens (tertiary/aromatic N) is 1. The second kappa shape index (κ2) is 7.14. The number of anilines is 1. The van der Waals surface area contributed by atoms with Crippen molar-refractivity contribution in [2.45, 2.75) is 37.3 Å². The van der Waals surface area contributed by atoms with Gasteiger partial charge in [-0.1, -0.05) is 48.3 Å². The number of likely N-dealkylation sites (tertiary alicyclic amines) is 1. The Hall–Kier alpha value is -1.95. The quantitative estimate of drug-likeness (QED) is 0.726. The Morgan fingerprint density at radius 2 is 2.11 bits per heavy atom. The minimum Gasteiger partial charge on any atom is -0.324 e. The number of amides is 1. The Morgan fingerprint density at radius 1 is 1.32 bits per heavy atom. The van der Waals surface area contributed by atoms with Crippen LogP contribution >= 0.6 is 23.2 Å². The highest BCUT2D eigenvalue weighted by molar-refractivity contribution is 6.31. The van der Waals surface area contributed by atoms with Gasteiger partial charge in [0.2, 0.25) is 5.91 Å². The van der Waals surface area contributed by atoms with Crippen LogP contribution in [0.1, 0.15) is 36.8 Å². The van der Waals surface area contributed by atoms with Crippen molar-refractivity contribution in [3.63, 3.8) is 0 Å². The first kappa shape index (κ1) is 19.4. The summed E-state index contributed by atoms with van der Waals surface area (Å²) in [6.45, 7) is 2.48. The number of hydrogen-bond acceptors (Lipinski definition) is 3. The lowest BCUT2D eigenvalue weighted by Gasteiger charge is -2.39. The summed E-state index contributed by atoms with van der Waals surface area (Å²) in [4.78, 5) is 26.8. The van der Waals surface area contributed by atoms with Crippen molar-refractivity contribution >= 4 is 41.1 Å². The molecule has 2 aliphatic rings. The Balaban J connectivity index is 1.99. The van der Waals surface area contributed by atoms with E-state index in [0.29, 0.717) is 29.2 Å². The van der Waals surface area contributed by atoms with Gasteiger partial charge in [-0.3, -0.25) is 9.69 Å². The molecule has 0 radical (unpaired) electrons. The van der Waals surface area contributed by atoms with Gasteiger partial charge in [-0.15, -0.1) is 0 Å². The first-order valence-corrected chi connectivity index (χ1v) is 9.96. The van der Waals surface area contributed by atoms with Crippen LogP contribution in [0.3, 0.4) is 0 Å². The van der Waals surface area contributed by atoms with Crippen molar-refractivity contribution in [2.24, 2.45) is 0 Å². The minimum absolute atomic E-state index is 0.0178. The molecule has 28 heavy (non-hydrogen) atoms. The van der Waals surface area contributed by atoms with E-state index >= 15 is 4.39 Å². The molecule has 1 fully saturated rings. The van der Waals surface area contributed by atoms with Gasteiger partial charge >= 0.3 is 0 Å². The Labute approximate surface area is 172 Å². The molecule has 2 aliphatic heterocycles. The number of hydrogen-bond donors (Lipinski definition) is 1. The highest BCUT2D eigenvalue weighted by Crippen LogP contribution is 2.57. The van der Waals surface area contributed by atoms with Crippen molar-refractivity contribution in [3.05, 3.63) is 63.4 Å². The SMILES string of the molecule is CCN1[C@@H](CC=O)C[C@H](c2cccc(Cl)c2F)[C@]12C(=O)Nc1cc(Cl)ccc12. The van der Waals surface area contributed by atoms with E-state index in [4.69, 9.17) is 23.2 Å². The van der Waals surface area contributed by atoms with E-state index in [9.17, 15) is 9.59 Å². The molecule has 1 spiro atoms. The van der Waals surface area contributed by atoms with Crippen molar-refractivity contribution in [1.82, 2.24) is 4.90 Å². The summed E-state index contributed by atoms with van der Waals surface area (Å²) in [6.07, 6.45) is 1.59. The second-order valence-corrected chi connectivity index (χ2v) is 8.03. The van der Waals surface area contributed by atoms with Gasteiger partial charge in [0, 0.05) is 34.7 Å². The summed E-state index contributed by atoms with van der Waals surface area (Å²) in [5.74, 6) is -1.24. The average Bonchev–Trinajstić information content (AvgIpc) is 3.13.